The van der Waals surface area contributed by atoms with Crippen LogP contribution in [0.15, 0.2) is 18.2 Å². The maximum atomic E-state index is 12.9. The highest BCUT2D eigenvalue weighted by Crippen LogP contribution is 2.31. The molecule has 1 aromatic rings. The molecule has 0 aliphatic carbocycles. The SMILES string of the molecule is CCC[C@H]1CN[C@H](C(=O)N[C@@H]([C@H]2O[C@H](SCCOC(=O)c3ccc(N)cc3Cl)[C@H](O)[C@@H](O)[C@H]2O)[C@@H](C)O)C1. The maximum Gasteiger partial charge on any atom is 0.339 e. The van der Waals surface area contributed by atoms with Gasteiger partial charge in [0.15, 0.2) is 0 Å². The standard InChI is InChI=1S/C25H38ClN3O8S/c1-3-4-13-9-17(28-11-13)23(34)29-18(12(2)30)22-20(32)19(31)21(33)25(37-22)38-8-7-36-24(35)15-6-5-14(27)10-16(15)26/h5-6,10,12-13,17-22,25,28,30-33H,3-4,7-9,11,27H2,1-2H3,(H,29,34)/t12-,13-,17+,18-,19+,20-,21-,22-,25-/m1/s1. The molecule has 0 aromatic heterocycles. The van der Waals surface area contributed by atoms with Gasteiger partial charge in [0.1, 0.15) is 36.5 Å². The third-order valence-corrected chi connectivity index (χ3v) is 8.27. The van der Waals surface area contributed by atoms with Gasteiger partial charge in [-0.05, 0) is 50.4 Å². The van der Waals surface area contributed by atoms with E-state index in [-0.39, 0.29) is 28.9 Å². The van der Waals surface area contributed by atoms with Gasteiger partial charge in [0, 0.05) is 11.4 Å². The number of ether oxygens (including phenoxy) is 2. The number of rotatable bonds is 11. The van der Waals surface area contributed by atoms with Crippen molar-refractivity contribution in [2.45, 2.75) is 81.1 Å². The molecule has 2 aliphatic rings. The Bertz CT molecular complexity index is 957. The number of amides is 1. The summed E-state index contributed by atoms with van der Waals surface area (Å²) in [4.78, 5) is 25.2. The van der Waals surface area contributed by atoms with Gasteiger partial charge in [-0.15, -0.1) is 11.8 Å². The van der Waals surface area contributed by atoms with Gasteiger partial charge in [0.25, 0.3) is 0 Å². The maximum absolute atomic E-state index is 12.9. The summed E-state index contributed by atoms with van der Waals surface area (Å²) in [6.07, 6.45) is -4.22. The minimum Gasteiger partial charge on any atom is -0.461 e. The number of aliphatic hydroxyl groups excluding tert-OH is 4. The summed E-state index contributed by atoms with van der Waals surface area (Å²) < 4.78 is 11.1. The third-order valence-electron chi connectivity index (χ3n) is 6.84. The van der Waals surface area contributed by atoms with Crippen LogP contribution in [0, 0.1) is 5.92 Å². The number of benzene rings is 1. The summed E-state index contributed by atoms with van der Waals surface area (Å²) in [6.45, 7) is 4.21. The van der Waals surface area contributed by atoms with Crippen LogP contribution in [0.5, 0.6) is 0 Å². The van der Waals surface area contributed by atoms with Crippen LogP contribution in [-0.2, 0) is 14.3 Å². The first-order valence-electron chi connectivity index (χ1n) is 12.8. The number of thioether (sulfide) groups is 1. The monoisotopic (exact) mass is 575 g/mol. The van der Waals surface area contributed by atoms with E-state index in [0.29, 0.717) is 18.0 Å². The van der Waals surface area contributed by atoms with Gasteiger partial charge in [-0.25, -0.2) is 4.79 Å². The lowest BCUT2D eigenvalue weighted by Crippen LogP contribution is -2.65. The van der Waals surface area contributed by atoms with Gasteiger partial charge in [0.2, 0.25) is 5.91 Å². The van der Waals surface area contributed by atoms with Gasteiger partial charge in [-0.3, -0.25) is 4.79 Å². The number of hydrogen-bond donors (Lipinski definition) is 7. The smallest absolute Gasteiger partial charge is 0.339 e. The second kappa shape index (κ2) is 14.1. The Balaban J connectivity index is 1.57. The molecule has 2 saturated heterocycles. The van der Waals surface area contributed by atoms with Gasteiger partial charge in [0.05, 0.1) is 28.8 Å². The number of nitrogen functional groups attached to an aromatic ring is 1. The van der Waals surface area contributed by atoms with E-state index in [1.807, 2.05) is 0 Å². The van der Waals surface area contributed by atoms with Crippen LogP contribution in [0.3, 0.4) is 0 Å². The zero-order valence-electron chi connectivity index (χ0n) is 21.5. The molecule has 8 N–H and O–H groups in total. The third kappa shape index (κ3) is 7.72. The average Bonchev–Trinajstić information content (AvgIpc) is 3.34. The minimum absolute atomic E-state index is 0.0526. The minimum atomic E-state index is -1.58. The van der Waals surface area contributed by atoms with Crippen molar-refractivity contribution < 1.29 is 39.5 Å². The van der Waals surface area contributed by atoms with Crippen molar-refractivity contribution in [3.8, 4) is 0 Å². The van der Waals surface area contributed by atoms with Crippen molar-refractivity contribution in [3.05, 3.63) is 28.8 Å². The van der Waals surface area contributed by atoms with Crippen LogP contribution in [-0.4, -0.2) is 99.2 Å². The lowest BCUT2D eigenvalue weighted by atomic mass is 9.92. The van der Waals surface area contributed by atoms with Crippen molar-refractivity contribution in [3.63, 3.8) is 0 Å². The molecule has 9 atom stereocenters. The molecule has 1 aromatic carbocycles. The van der Waals surface area contributed by atoms with E-state index < -0.39 is 54.0 Å². The fourth-order valence-corrected chi connectivity index (χ4v) is 6.00. The number of nitrogens with one attached hydrogen (secondary N) is 2. The topological polar surface area (TPSA) is 184 Å². The summed E-state index contributed by atoms with van der Waals surface area (Å²) >= 11 is 7.09. The van der Waals surface area contributed by atoms with Gasteiger partial charge in [-0.2, -0.15) is 0 Å². The zero-order valence-corrected chi connectivity index (χ0v) is 23.0. The van der Waals surface area contributed by atoms with E-state index in [0.717, 1.165) is 31.1 Å². The van der Waals surface area contributed by atoms with Crippen LogP contribution in [0.25, 0.3) is 0 Å². The molecule has 214 valence electrons. The lowest BCUT2D eigenvalue weighted by Gasteiger charge is -2.44. The number of halogens is 1. The Hall–Kier alpha value is -1.64. The normalized spacial score (nSPS) is 31.0. The molecule has 0 spiro atoms. The van der Waals surface area contributed by atoms with E-state index >= 15 is 0 Å². The first-order valence-corrected chi connectivity index (χ1v) is 14.2. The quantitative estimate of drug-likeness (QED) is 0.109. The van der Waals surface area contributed by atoms with Gasteiger partial charge >= 0.3 is 5.97 Å². The average molecular weight is 576 g/mol. The number of hydrogen-bond acceptors (Lipinski definition) is 11. The van der Waals surface area contributed by atoms with Crippen molar-refractivity contribution >= 4 is 40.9 Å². The molecule has 0 radical (unpaired) electrons. The van der Waals surface area contributed by atoms with E-state index in [1.54, 1.807) is 0 Å². The predicted octanol–water partition coefficient (Wildman–Crippen LogP) is 0.264. The Morgan fingerprint density at radius 2 is 2.03 bits per heavy atom. The number of esters is 1. The second-order valence-electron chi connectivity index (χ2n) is 9.81. The molecule has 2 fully saturated rings. The van der Waals surface area contributed by atoms with Crippen molar-refractivity contribution in [1.29, 1.82) is 0 Å². The number of anilines is 1. The molecule has 3 rings (SSSR count). The Morgan fingerprint density at radius 3 is 2.68 bits per heavy atom. The van der Waals surface area contributed by atoms with Crippen LogP contribution < -0.4 is 16.4 Å². The van der Waals surface area contributed by atoms with Crippen LogP contribution in [0.4, 0.5) is 5.69 Å². The Morgan fingerprint density at radius 1 is 1.29 bits per heavy atom. The Labute approximate surface area is 231 Å². The Kier molecular flexibility index (Phi) is 11.5. The second-order valence-corrected chi connectivity index (χ2v) is 11.4. The van der Waals surface area contributed by atoms with Crippen LogP contribution in [0.2, 0.25) is 5.02 Å². The largest absolute Gasteiger partial charge is 0.461 e. The molecule has 1 amide bonds. The number of aliphatic hydroxyl groups is 4. The molecule has 13 heteroatoms. The van der Waals surface area contributed by atoms with Crippen LogP contribution in [0.1, 0.15) is 43.5 Å². The molecule has 2 aliphatic heterocycles. The summed E-state index contributed by atoms with van der Waals surface area (Å²) in [7, 11) is 0. The fourth-order valence-electron chi connectivity index (χ4n) is 4.76. The molecular weight excluding hydrogens is 538 g/mol. The van der Waals surface area contributed by atoms with Crippen molar-refractivity contribution in [2.24, 2.45) is 5.92 Å². The van der Waals surface area contributed by atoms with E-state index in [9.17, 15) is 30.0 Å². The van der Waals surface area contributed by atoms with Crippen molar-refractivity contribution in [2.75, 3.05) is 24.6 Å². The van der Waals surface area contributed by atoms with Crippen LogP contribution >= 0.6 is 23.4 Å². The van der Waals surface area contributed by atoms with E-state index in [1.165, 1.54) is 25.1 Å². The molecule has 38 heavy (non-hydrogen) atoms. The fraction of sp³-hybridized carbons (Fsp3) is 0.680. The first kappa shape index (κ1) is 30.9. The highest BCUT2D eigenvalue weighted by atomic mass is 35.5. The summed E-state index contributed by atoms with van der Waals surface area (Å²) in [5.41, 5.74) is 5.18. The molecule has 0 saturated carbocycles. The summed E-state index contributed by atoms with van der Waals surface area (Å²) in [5.74, 6) is -0.400. The first-order chi connectivity index (χ1) is 18.0. The van der Waals surface area contributed by atoms with E-state index in [2.05, 4.69) is 17.6 Å². The van der Waals surface area contributed by atoms with Crippen molar-refractivity contribution in [1.82, 2.24) is 10.6 Å². The molecule has 2 heterocycles. The van der Waals surface area contributed by atoms with Gasteiger partial charge in [-0.1, -0.05) is 24.9 Å². The highest BCUT2D eigenvalue weighted by Gasteiger charge is 2.48. The molecule has 0 unspecified atom stereocenters. The zero-order chi connectivity index (χ0) is 28.0. The summed E-state index contributed by atoms with van der Waals surface area (Å²) in [5, 5.41) is 48.1. The van der Waals surface area contributed by atoms with Gasteiger partial charge < -0.3 is 46.3 Å². The highest BCUT2D eigenvalue weighted by molar-refractivity contribution is 7.99. The summed E-state index contributed by atoms with van der Waals surface area (Å²) in [6, 6.07) is 2.95. The molecular formula is C25H38ClN3O8S. The molecule has 0 bridgehead atoms. The predicted molar refractivity (Wildman–Crippen MR) is 144 cm³/mol. The van der Waals surface area contributed by atoms with E-state index in [4.69, 9.17) is 26.8 Å². The number of carbonyl (C=O) groups is 2. The number of nitrogens with two attached hydrogens (primary N) is 1. The molecule has 11 nitrogen and oxygen atoms in total. The lowest BCUT2D eigenvalue weighted by molar-refractivity contribution is -0.211. The number of carbonyl (C=O) groups excluding carboxylic acids is 2.